The van der Waals surface area contributed by atoms with Gasteiger partial charge in [-0.3, -0.25) is 19.7 Å². The molecule has 3 N–H and O–H groups in total. The predicted octanol–water partition coefficient (Wildman–Crippen LogP) is 2.17. The molecule has 0 aromatic heterocycles. The molecule has 0 atom stereocenters. The lowest BCUT2D eigenvalue weighted by molar-refractivity contribution is -0.385. The molecular weight excluding hydrogens is 340 g/mol. The van der Waals surface area contributed by atoms with E-state index in [0.717, 1.165) is 12.1 Å². The SMILES string of the molecule is O=C(CCC(=O)Nc1ccccc1)N/N=C/c1ccc(O)c([N+](=O)[O-])c1. The van der Waals surface area contributed by atoms with E-state index in [0.29, 0.717) is 11.3 Å². The molecule has 9 nitrogen and oxygen atoms in total. The van der Waals surface area contributed by atoms with Crippen LogP contribution in [-0.2, 0) is 9.59 Å². The second-order valence-corrected chi connectivity index (χ2v) is 5.21. The van der Waals surface area contributed by atoms with E-state index in [1.54, 1.807) is 24.3 Å². The number of phenolic OH excluding ortho intramolecular Hbond substituents is 1. The first-order chi connectivity index (χ1) is 12.5. The van der Waals surface area contributed by atoms with Crippen LogP contribution in [0.3, 0.4) is 0 Å². The Hall–Kier alpha value is -3.75. The lowest BCUT2D eigenvalue weighted by atomic mass is 10.2. The second-order valence-electron chi connectivity index (χ2n) is 5.21. The molecule has 9 heteroatoms. The van der Waals surface area contributed by atoms with Crippen molar-refractivity contribution in [3.05, 3.63) is 64.2 Å². The number of benzene rings is 2. The standard InChI is InChI=1S/C17H16N4O5/c22-15-7-6-12(10-14(15)21(25)26)11-18-20-17(24)9-8-16(23)19-13-4-2-1-3-5-13/h1-7,10-11,22H,8-9H2,(H,19,23)(H,20,24)/b18-11+. The zero-order valence-electron chi connectivity index (χ0n) is 13.6. The third kappa shape index (κ3) is 5.71. The fourth-order valence-corrected chi connectivity index (χ4v) is 1.97. The van der Waals surface area contributed by atoms with Crippen LogP contribution in [0.4, 0.5) is 11.4 Å². The molecule has 0 aliphatic carbocycles. The summed E-state index contributed by atoms with van der Waals surface area (Å²) in [5.74, 6) is -1.23. The molecule has 0 aliphatic heterocycles. The summed E-state index contributed by atoms with van der Waals surface area (Å²) in [6, 6.07) is 12.6. The monoisotopic (exact) mass is 356 g/mol. The van der Waals surface area contributed by atoms with Crippen molar-refractivity contribution in [3.8, 4) is 5.75 Å². The Labute approximate surface area is 148 Å². The minimum atomic E-state index is -0.726. The van der Waals surface area contributed by atoms with Crippen LogP contribution >= 0.6 is 0 Å². The van der Waals surface area contributed by atoms with E-state index < -0.39 is 22.3 Å². The minimum Gasteiger partial charge on any atom is -0.502 e. The maximum Gasteiger partial charge on any atom is 0.311 e. The molecule has 0 aliphatic rings. The quantitative estimate of drug-likeness (QED) is 0.397. The van der Waals surface area contributed by atoms with Crippen molar-refractivity contribution >= 4 is 29.4 Å². The van der Waals surface area contributed by atoms with Crippen molar-refractivity contribution in [1.82, 2.24) is 5.43 Å². The molecule has 0 radical (unpaired) electrons. The van der Waals surface area contributed by atoms with Gasteiger partial charge in [0.2, 0.25) is 11.8 Å². The molecule has 2 aromatic carbocycles. The highest BCUT2D eigenvalue weighted by Gasteiger charge is 2.12. The number of nitrogens with one attached hydrogen (secondary N) is 2. The van der Waals surface area contributed by atoms with Gasteiger partial charge in [-0.05, 0) is 24.3 Å². The Morgan fingerprint density at radius 2 is 1.81 bits per heavy atom. The maximum atomic E-state index is 11.7. The molecule has 0 saturated heterocycles. The number of aromatic hydroxyl groups is 1. The fourth-order valence-electron chi connectivity index (χ4n) is 1.97. The highest BCUT2D eigenvalue weighted by molar-refractivity contribution is 5.93. The Morgan fingerprint density at radius 1 is 1.12 bits per heavy atom. The van der Waals surface area contributed by atoms with Crippen LogP contribution in [0.1, 0.15) is 18.4 Å². The van der Waals surface area contributed by atoms with Gasteiger partial charge < -0.3 is 10.4 Å². The number of anilines is 1. The van der Waals surface area contributed by atoms with Gasteiger partial charge in [0.25, 0.3) is 0 Å². The zero-order chi connectivity index (χ0) is 18.9. The van der Waals surface area contributed by atoms with Gasteiger partial charge >= 0.3 is 5.69 Å². The molecule has 0 bridgehead atoms. The van der Waals surface area contributed by atoms with Gasteiger partial charge in [0, 0.05) is 30.2 Å². The van der Waals surface area contributed by atoms with Crippen LogP contribution in [-0.4, -0.2) is 28.1 Å². The fraction of sp³-hybridized carbons (Fsp3) is 0.118. The van der Waals surface area contributed by atoms with Crippen LogP contribution in [0.5, 0.6) is 5.75 Å². The number of hydrogen-bond donors (Lipinski definition) is 3. The average molecular weight is 356 g/mol. The van der Waals surface area contributed by atoms with Crippen molar-refractivity contribution in [3.63, 3.8) is 0 Å². The van der Waals surface area contributed by atoms with Gasteiger partial charge in [-0.1, -0.05) is 18.2 Å². The van der Waals surface area contributed by atoms with Crippen molar-refractivity contribution in [2.24, 2.45) is 5.10 Å². The molecule has 2 aromatic rings. The highest BCUT2D eigenvalue weighted by atomic mass is 16.6. The van der Waals surface area contributed by atoms with E-state index in [2.05, 4.69) is 15.8 Å². The highest BCUT2D eigenvalue weighted by Crippen LogP contribution is 2.25. The van der Waals surface area contributed by atoms with Gasteiger partial charge in [-0.2, -0.15) is 5.10 Å². The number of carbonyl (C=O) groups excluding carboxylic acids is 2. The summed E-state index contributed by atoms with van der Waals surface area (Å²) in [6.45, 7) is 0. The van der Waals surface area contributed by atoms with Gasteiger partial charge in [0.15, 0.2) is 5.75 Å². The number of nitro groups is 1. The lowest BCUT2D eigenvalue weighted by Gasteiger charge is -2.04. The van der Waals surface area contributed by atoms with Crippen LogP contribution in [0.15, 0.2) is 53.6 Å². The first kappa shape index (κ1) is 18.6. The van der Waals surface area contributed by atoms with Gasteiger partial charge in [0.1, 0.15) is 0 Å². The number of hydrazone groups is 1. The Balaban J connectivity index is 1.79. The summed E-state index contributed by atoms with van der Waals surface area (Å²) in [4.78, 5) is 33.4. The first-order valence-electron chi connectivity index (χ1n) is 7.60. The van der Waals surface area contributed by atoms with E-state index in [1.807, 2.05) is 6.07 Å². The number of rotatable bonds is 7. The van der Waals surface area contributed by atoms with Crippen molar-refractivity contribution in [2.45, 2.75) is 12.8 Å². The van der Waals surface area contributed by atoms with Crippen LogP contribution in [0, 0.1) is 10.1 Å². The lowest BCUT2D eigenvalue weighted by Crippen LogP contribution is -2.20. The summed E-state index contributed by atoms with van der Waals surface area (Å²) in [7, 11) is 0. The third-order valence-corrected chi connectivity index (χ3v) is 3.24. The zero-order valence-corrected chi connectivity index (χ0v) is 13.6. The number of nitro benzene ring substituents is 1. The number of phenols is 1. The van der Waals surface area contributed by atoms with E-state index in [9.17, 15) is 24.8 Å². The molecule has 134 valence electrons. The maximum absolute atomic E-state index is 11.7. The summed E-state index contributed by atoms with van der Waals surface area (Å²) in [5, 5.41) is 26.4. The molecule has 0 fully saturated rings. The molecule has 0 heterocycles. The Kier molecular flexibility index (Phi) is 6.38. The topological polar surface area (TPSA) is 134 Å². The molecular formula is C17H16N4O5. The average Bonchev–Trinajstić information content (AvgIpc) is 2.62. The van der Waals surface area contributed by atoms with E-state index in [-0.39, 0.29) is 18.7 Å². The largest absolute Gasteiger partial charge is 0.502 e. The second kappa shape index (κ2) is 8.92. The van der Waals surface area contributed by atoms with Crippen molar-refractivity contribution in [2.75, 3.05) is 5.32 Å². The molecule has 26 heavy (non-hydrogen) atoms. The van der Waals surface area contributed by atoms with Crippen LogP contribution in [0.25, 0.3) is 0 Å². The van der Waals surface area contributed by atoms with Crippen LogP contribution in [0.2, 0.25) is 0 Å². The summed E-state index contributed by atoms with van der Waals surface area (Å²) in [6.07, 6.45) is 1.13. The van der Waals surface area contributed by atoms with Gasteiger partial charge in [-0.25, -0.2) is 5.43 Å². The molecule has 0 saturated carbocycles. The Morgan fingerprint density at radius 3 is 2.50 bits per heavy atom. The van der Waals surface area contributed by atoms with E-state index >= 15 is 0 Å². The number of hydrogen-bond acceptors (Lipinski definition) is 6. The van der Waals surface area contributed by atoms with Gasteiger partial charge in [0.05, 0.1) is 11.1 Å². The normalized spacial score (nSPS) is 10.5. The van der Waals surface area contributed by atoms with Crippen molar-refractivity contribution < 1.29 is 19.6 Å². The van der Waals surface area contributed by atoms with Crippen LogP contribution < -0.4 is 10.7 Å². The summed E-state index contributed by atoms with van der Waals surface area (Å²) in [5.41, 5.74) is 2.75. The van der Waals surface area contributed by atoms with Crippen molar-refractivity contribution in [1.29, 1.82) is 0 Å². The molecule has 0 unspecified atom stereocenters. The van der Waals surface area contributed by atoms with E-state index in [1.165, 1.54) is 12.3 Å². The summed E-state index contributed by atoms with van der Waals surface area (Å²) < 4.78 is 0. The first-order valence-corrected chi connectivity index (χ1v) is 7.60. The summed E-state index contributed by atoms with van der Waals surface area (Å²) >= 11 is 0. The van der Waals surface area contributed by atoms with E-state index in [4.69, 9.17) is 0 Å². The number of amides is 2. The third-order valence-electron chi connectivity index (χ3n) is 3.24. The predicted molar refractivity (Wildman–Crippen MR) is 94.8 cm³/mol. The Bertz CT molecular complexity index is 836. The smallest absolute Gasteiger partial charge is 0.311 e. The number of para-hydroxylation sites is 1. The minimum absolute atomic E-state index is 0.0130. The van der Waals surface area contributed by atoms with Gasteiger partial charge in [-0.15, -0.1) is 0 Å². The number of nitrogens with zero attached hydrogens (tertiary/aromatic N) is 2. The molecule has 2 amide bonds. The molecule has 2 rings (SSSR count). The number of carbonyl (C=O) groups is 2. The molecule has 0 spiro atoms.